The van der Waals surface area contributed by atoms with Crippen LogP contribution in [0.4, 0.5) is 0 Å². The van der Waals surface area contributed by atoms with Gasteiger partial charge in [-0.15, -0.1) is 0 Å². The zero-order valence-corrected chi connectivity index (χ0v) is 11.2. The summed E-state index contributed by atoms with van der Waals surface area (Å²) in [4.78, 5) is 14.6. The minimum atomic E-state index is -0.0288. The van der Waals surface area contributed by atoms with Gasteiger partial charge in [0, 0.05) is 18.6 Å². The second-order valence-electron chi connectivity index (χ2n) is 5.10. The minimum Gasteiger partial charge on any atom is -0.338 e. The first-order chi connectivity index (χ1) is 8.65. The van der Waals surface area contributed by atoms with Gasteiger partial charge < -0.3 is 10.6 Å². The van der Waals surface area contributed by atoms with Gasteiger partial charge in [0.15, 0.2) is 0 Å². The summed E-state index contributed by atoms with van der Waals surface area (Å²) in [6.07, 6.45) is 1.75. The van der Waals surface area contributed by atoms with Crippen LogP contribution >= 0.6 is 0 Å². The fraction of sp³-hybridized carbons (Fsp3) is 0.533. The SMILES string of the molecule is CCC(C(=O)N1CCC(N)C1C)c1ccccc1. The van der Waals surface area contributed by atoms with Crippen LogP contribution in [0.3, 0.4) is 0 Å². The molecule has 1 aromatic carbocycles. The Bertz CT molecular complexity index is 404. The van der Waals surface area contributed by atoms with Gasteiger partial charge >= 0.3 is 0 Å². The molecule has 1 heterocycles. The van der Waals surface area contributed by atoms with E-state index in [1.54, 1.807) is 0 Å². The Hall–Kier alpha value is -1.35. The van der Waals surface area contributed by atoms with Crippen LogP contribution in [-0.4, -0.2) is 29.4 Å². The normalized spacial score (nSPS) is 25.2. The molecule has 18 heavy (non-hydrogen) atoms. The standard InChI is InChI=1S/C15H22N2O/c1-3-13(12-7-5-4-6-8-12)15(18)17-10-9-14(16)11(17)2/h4-8,11,13-14H,3,9-10,16H2,1-2H3. The summed E-state index contributed by atoms with van der Waals surface area (Å²) in [6, 6.07) is 10.3. The lowest BCUT2D eigenvalue weighted by molar-refractivity contribution is -0.133. The molecule has 2 N–H and O–H groups in total. The van der Waals surface area contributed by atoms with Gasteiger partial charge in [0.1, 0.15) is 0 Å². The van der Waals surface area contributed by atoms with Gasteiger partial charge in [-0.3, -0.25) is 4.79 Å². The Morgan fingerprint density at radius 3 is 2.61 bits per heavy atom. The first-order valence-electron chi connectivity index (χ1n) is 6.76. The molecular formula is C15H22N2O. The van der Waals surface area contributed by atoms with Gasteiger partial charge in [-0.05, 0) is 25.3 Å². The van der Waals surface area contributed by atoms with Crippen molar-refractivity contribution in [3.8, 4) is 0 Å². The molecule has 3 heteroatoms. The smallest absolute Gasteiger partial charge is 0.230 e. The second-order valence-corrected chi connectivity index (χ2v) is 5.10. The van der Waals surface area contributed by atoms with Crippen LogP contribution in [0.1, 0.15) is 38.2 Å². The van der Waals surface area contributed by atoms with Crippen LogP contribution in [0.25, 0.3) is 0 Å². The molecule has 3 unspecified atom stereocenters. The molecule has 0 saturated carbocycles. The molecule has 1 aliphatic rings. The Morgan fingerprint density at radius 2 is 2.11 bits per heavy atom. The lowest BCUT2D eigenvalue weighted by Crippen LogP contribution is -2.42. The van der Waals surface area contributed by atoms with Crippen molar-refractivity contribution in [2.75, 3.05) is 6.54 Å². The predicted octanol–water partition coefficient (Wildman–Crippen LogP) is 2.13. The molecule has 1 saturated heterocycles. The average molecular weight is 246 g/mol. The molecule has 1 fully saturated rings. The lowest BCUT2D eigenvalue weighted by Gasteiger charge is -2.27. The molecular weight excluding hydrogens is 224 g/mol. The van der Waals surface area contributed by atoms with Crippen molar-refractivity contribution in [1.29, 1.82) is 0 Å². The molecule has 1 aliphatic heterocycles. The van der Waals surface area contributed by atoms with E-state index in [1.165, 1.54) is 0 Å². The molecule has 3 nitrogen and oxygen atoms in total. The summed E-state index contributed by atoms with van der Waals surface area (Å²) < 4.78 is 0. The van der Waals surface area contributed by atoms with Crippen molar-refractivity contribution in [1.82, 2.24) is 4.90 Å². The molecule has 0 radical (unpaired) electrons. The Labute approximate surface area is 109 Å². The molecule has 1 aromatic rings. The van der Waals surface area contributed by atoms with Crippen LogP contribution in [0, 0.1) is 0 Å². The van der Waals surface area contributed by atoms with E-state index in [9.17, 15) is 4.79 Å². The van der Waals surface area contributed by atoms with Crippen molar-refractivity contribution < 1.29 is 4.79 Å². The zero-order chi connectivity index (χ0) is 13.1. The van der Waals surface area contributed by atoms with Gasteiger partial charge in [-0.2, -0.15) is 0 Å². The lowest BCUT2D eigenvalue weighted by atomic mass is 9.95. The number of hydrogen-bond acceptors (Lipinski definition) is 2. The monoisotopic (exact) mass is 246 g/mol. The molecule has 0 aliphatic carbocycles. The van der Waals surface area contributed by atoms with E-state index >= 15 is 0 Å². The molecule has 0 bridgehead atoms. The average Bonchev–Trinajstić information content (AvgIpc) is 2.72. The van der Waals surface area contributed by atoms with Gasteiger partial charge in [-0.1, -0.05) is 37.3 Å². The quantitative estimate of drug-likeness (QED) is 0.888. The summed E-state index contributed by atoms with van der Waals surface area (Å²) in [5, 5.41) is 0. The number of carbonyl (C=O) groups is 1. The number of nitrogens with zero attached hydrogens (tertiary/aromatic N) is 1. The maximum atomic E-state index is 12.6. The Balaban J connectivity index is 2.16. The first-order valence-corrected chi connectivity index (χ1v) is 6.76. The fourth-order valence-corrected chi connectivity index (χ4v) is 2.71. The van der Waals surface area contributed by atoms with Gasteiger partial charge in [-0.25, -0.2) is 0 Å². The summed E-state index contributed by atoms with van der Waals surface area (Å²) in [6.45, 7) is 4.91. The zero-order valence-electron chi connectivity index (χ0n) is 11.2. The molecule has 98 valence electrons. The van der Waals surface area contributed by atoms with Crippen LogP contribution < -0.4 is 5.73 Å². The van der Waals surface area contributed by atoms with E-state index in [4.69, 9.17) is 5.73 Å². The van der Waals surface area contributed by atoms with Crippen molar-refractivity contribution in [2.45, 2.75) is 44.7 Å². The Morgan fingerprint density at radius 1 is 1.44 bits per heavy atom. The third-order valence-electron chi connectivity index (χ3n) is 4.01. The topological polar surface area (TPSA) is 46.3 Å². The third kappa shape index (κ3) is 2.41. The van der Waals surface area contributed by atoms with Crippen molar-refractivity contribution in [3.05, 3.63) is 35.9 Å². The molecule has 1 amide bonds. The Kier molecular flexibility index (Phi) is 4.02. The maximum Gasteiger partial charge on any atom is 0.230 e. The maximum absolute atomic E-state index is 12.6. The second kappa shape index (κ2) is 5.53. The van der Waals surface area contributed by atoms with E-state index in [0.717, 1.165) is 24.9 Å². The number of rotatable bonds is 3. The highest BCUT2D eigenvalue weighted by Gasteiger charge is 2.34. The summed E-state index contributed by atoms with van der Waals surface area (Å²) in [5.41, 5.74) is 7.10. The first kappa shape index (κ1) is 13.1. The highest BCUT2D eigenvalue weighted by Crippen LogP contribution is 2.26. The van der Waals surface area contributed by atoms with E-state index in [1.807, 2.05) is 42.2 Å². The van der Waals surface area contributed by atoms with Crippen molar-refractivity contribution >= 4 is 5.91 Å². The number of amides is 1. The molecule has 2 rings (SSSR count). The molecule has 0 aromatic heterocycles. The van der Waals surface area contributed by atoms with Crippen LogP contribution in [-0.2, 0) is 4.79 Å². The van der Waals surface area contributed by atoms with Gasteiger partial charge in [0.2, 0.25) is 5.91 Å². The minimum absolute atomic E-state index is 0.0288. The number of likely N-dealkylation sites (tertiary alicyclic amines) is 1. The van der Waals surface area contributed by atoms with Crippen LogP contribution in [0.2, 0.25) is 0 Å². The van der Waals surface area contributed by atoms with Gasteiger partial charge in [0.25, 0.3) is 0 Å². The fourth-order valence-electron chi connectivity index (χ4n) is 2.71. The number of hydrogen-bond donors (Lipinski definition) is 1. The van der Waals surface area contributed by atoms with E-state index in [0.29, 0.717) is 0 Å². The third-order valence-corrected chi connectivity index (χ3v) is 4.01. The highest BCUT2D eigenvalue weighted by molar-refractivity contribution is 5.84. The number of benzene rings is 1. The number of carbonyl (C=O) groups excluding carboxylic acids is 1. The molecule has 3 atom stereocenters. The highest BCUT2D eigenvalue weighted by atomic mass is 16.2. The summed E-state index contributed by atoms with van der Waals surface area (Å²) in [5.74, 6) is 0.197. The largest absolute Gasteiger partial charge is 0.338 e. The number of nitrogens with two attached hydrogens (primary N) is 1. The predicted molar refractivity (Wildman–Crippen MR) is 73.2 cm³/mol. The summed E-state index contributed by atoms with van der Waals surface area (Å²) >= 11 is 0. The van der Waals surface area contributed by atoms with Crippen molar-refractivity contribution in [3.63, 3.8) is 0 Å². The van der Waals surface area contributed by atoms with Gasteiger partial charge in [0.05, 0.1) is 5.92 Å². The van der Waals surface area contributed by atoms with Crippen LogP contribution in [0.5, 0.6) is 0 Å². The van der Waals surface area contributed by atoms with E-state index < -0.39 is 0 Å². The van der Waals surface area contributed by atoms with Crippen molar-refractivity contribution in [2.24, 2.45) is 5.73 Å². The van der Waals surface area contributed by atoms with E-state index in [2.05, 4.69) is 6.92 Å². The molecule has 0 spiro atoms. The van der Waals surface area contributed by atoms with Crippen LogP contribution in [0.15, 0.2) is 30.3 Å². The summed E-state index contributed by atoms with van der Waals surface area (Å²) in [7, 11) is 0. The van der Waals surface area contributed by atoms with E-state index in [-0.39, 0.29) is 23.9 Å².